The van der Waals surface area contributed by atoms with Gasteiger partial charge < -0.3 is 18.9 Å². The highest BCUT2D eigenvalue weighted by molar-refractivity contribution is 5.55. The van der Waals surface area contributed by atoms with Gasteiger partial charge in [0.2, 0.25) is 0 Å². The Morgan fingerprint density at radius 1 is 0.583 bits per heavy atom. The summed E-state index contributed by atoms with van der Waals surface area (Å²) in [6.45, 7) is 9.16. The van der Waals surface area contributed by atoms with Crippen LogP contribution in [0, 0.1) is 0 Å². The van der Waals surface area contributed by atoms with Crippen LogP contribution in [-0.2, 0) is 0 Å². The van der Waals surface area contributed by atoms with E-state index in [0.29, 0.717) is 49.4 Å². The monoisotopic (exact) mass is 324 g/mol. The lowest BCUT2D eigenvalue weighted by Crippen LogP contribution is -2.15. The van der Waals surface area contributed by atoms with Gasteiger partial charge in [0.05, 0.1) is 0 Å². The van der Waals surface area contributed by atoms with Crippen molar-refractivity contribution in [3.05, 3.63) is 60.7 Å². The van der Waals surface area contributed by atoms with Crippen molar-refractivity contribution in [1.82, 2.24) is 0 Å². The SMILES string of the molecule is C=Cc1ccc2c(c1)OCCOc1cc(C=C)ccc1OCCO2. The summed E-state index contributed by atoms with van der Waals surface area (Å²) in [5.41, 5.74) is 1.95. The molecule has 3 rings (SSSR count). The van der Waals surface area contributed by atoms with Crippen molar-refractivity contribution in [3.8, 4) is 23.0 Å². The van der Waals surface area contributed by atoms with Crippen LogP contribution in [-0.4, -0.2) is 26.4 Å². The van der Waals surface area contributed by atoms with Gasteiger partial charge in [0.1, 0.15) is 26.4 Å². The van der Waals surface area contributed by atoms with Crippen molar-refractivity contribution < 1.29 is 18.9 Å². The molecular weight excluding hydrogens is 304 g/mol. The predicted octanol–water partition coefficient (Wildman–Crippen LogP) is 4.20. The molecular formula is C20H20O4. The summed E-state index contributed by atoms with van der Waals surface area (Å²) in [5, 5.41) is 0. The maximum absolute atomic E-state index is 5.82. The molecule has 4 heteroatoms. The van der Waals surface area contributed by atoms with E-state index in [2.05, 4.69) is 13.2 Å². The van der Waals surface area contributed by atoms with Crippen LogP contribution in [0.3, 0.4) is 0 Å². The molecule has 0 atom stereocenters. The maximum Gasteiger partial charge on any atom is 0.161 e. The fourth-order valence-electron chi connectivity index (χ4n) is 2.37. The van der Waals surface area contributed by atoms with Gasteiger partial charge in [-0.2, -0.15) is 0 Å². The van der Waals surface area contributed by atoms with E-state index in [0.717, 1.165) is 11.1 Å². The first-order valence-electron chi connectivity index (χ1n) is 7.84. The molecule has 0 bridgehead atoms. The fourth-order valence-corrected chi connectivity index (χ4v) is 2.37. The highest BCUT2D eigenvalue weighted by atomic mass is 16.6. The normalized spacial score (nSPS) is 14.0. The molecule has 0 radical (unpaired) electrons. The van der Waals surface area contributed by atoms with Crippen LogP contribution in [0.5, 0.6) is 23.0 Å². The number of fused-ring (bicyclic) bond motifs is 2. The molecule has 0 aliphatic carbocycles. The van der Waals surface area contributed by atoms with Crippen LogP contribution in [0.4, 0.5) is 0 Å². The second kappa shape index (κ2) is 7.59. The summed E-state index contributed by atoms with van der Waals surface area (Å²) >= 11 is 0. The van der Waals surface area contributed by atoms with Crippen LogP contribution >= 0.6 is 0 Å². The molecule has 0 amide bonds. The third kappa shape index (κ3) is 3.71. The quantitative estimate of drug-likeness (QED) is 0.829. The highest BCUT2D eigenvalue weighted by Gasteiger charge is 2.11. The lowest BCUT2D eigenvalue weighted by atomic mass is 10.2. The van der Waals surface area contributed by atoms with Crippen molar-refractivity contribution >= 4 is 12.2 Å². The van der Waals surface area contributed by atoms with Gasteiger partial charge in [-0.1, -0.05) is 37.4 Å². The minimum absolute atomic E-state index is 0.398. The molecule has 1 aliphatic rings. The average molecular weight is 324 g/mol. The number of hydrogen-bond acceptors (Lipinski definition) is 4. The molecule has 0 unspecified atom stereocenters. The lowest BCUT2D eigenvalue weighted by Gasteiger charge is -2.18. The van der Waals surface area contributed by atoms with Gasteiger partial charge in [0, 0.05) is 0 Å². The van der Waals surface area contributed by atoms with E-state index in [9.17, 15) is 0 Å². The van der Waals surface area contributed by atoms with E-state index in [1.54, 1.807) is 12.2 Å². The smallest absolute Gasteiger partial charge is 0.161 e. The Morgan fingerprint density at radius 2 is 0.958 bits per heavy atom. The first-order valence-corrected chi connectivity index (χ1v) is 7.84. The Balaban J connectivity index is 1.79. The summed E-state index contributed by atoms with van der Waals surface area (Å²) in [6, 6.07) is 11.4. The molecule has 0 fully saturated rings. The van der Waals surface area contributed by atoms with Gasteiger partial charge in [0.25, 0.3) is 0 Å². The summed E-state index contributed by atoms with van der Waals surface area (Å²) < 4.78 is 23.2. The molecule has 1 aliphatic heterocycles. The van der Waals surface area contributed by atoms with Gasteiger partial charge in [-0.25, -0.2) is 0 Å². The van der Waals surface area contributed by atoms with E-state index in [-0.39, 0.29) is 0 Å². The second-order valence-corrected chi connectivity index (χ2v) is 5.21. The molecule has 2 aromatic rings. The summed E-state index contributed by atoms with van der Waals surface area (Å²) in [5.74, 6) is 2.73. The zero-order valence-electron chi connectivity index (χ0n) is 13.5. The van der Waals surface area contributed by atoms with Crippen LogP contribution in [0.1, 0.15) is 11.1 Å². The first kappa shape index (κ1) is 16.0. The van der Waals surface area contributed by atoms with Crippen LogP contribution in [0.25, 0.3) is 12.2 Å². The Bertz CT molecular complexity index is 673. The topological polar surface area (TPSA) is 36.9 Å². The zero-order valence-corrected chi connectivity index (χ0v) is 13.5. The second-order valence-electron chi connectivity index (χ2n) is 5.21. The molecule has 0 N–H and O–H groups in total. The molecule has 0 spiro atoms. The van der Waals surface area contributed by atoms with Crippen LogP contribution in [0.15, 0.2) is 49.6 Å². The van der Waals surface area contributed by atoms with Crippen molar-refractivity contribution in [2.45, 2.75) is 0 Å². The first-order chi connectivity index (χ1) is 11.8. The highest BCUT2D eigenvalue weighted by Crippen LogP contribution is 2.31. The molecule has 0 aromatic heterocycles. The van der Waals surface area contributed by atoms with E-state index >= 15 is 0 Å². The Morgan fingerprint density at radius 3 is 1.33 bits per heavy atom. The van der Waals surface area contributed by atoms with E-state index in [1.165, 1.54) is 0 Å². The summed E-state index contributed by atoms with van der Waals surface area (Å²) in [6.07, 6.45) is 3.54. The van der Waals surface area contributed by atoms with Gasteiger partial charge in [0.15, 0.2) is 23.0 Å². The molecule has 0 saturated carbocycles. The minimum atomic E-state index is 0.398. The Labute approximate surface area is 141 Å². The van der Waals surface area contributed by atoms with Gasteiger partial charge in [-0.15, -0.1) is 0 Å². The maximum atomic E-state index is 5.82. The molecule has 2 aromatic carbocycles. The summed E-state index contributed by atoms with van der Waals surface area (Å²) in [4.78, 5) is 0. The molecule has 124 valence electrons. The van der Waals surface area contributed by atoms with E-state index in [4.69, 9.17) is 18.9 Å². The Hall–Kier alpha value is -2.88. The van der Waals surface area contributed by atoms with Crippen molar-refractivity contribution in [2.75, 3.05) is 26.4 Å². The predicted molar refractivity (Wildman–Crippen MR) is 95.0 cm³/mol. The number of rotatable bonds is 2. The standard InChI is InChI=1S/C20H20O4/c1-3-15-5-7-17-19(13-15)23-11-12-24-20-14-16(4-2)6-8-18(20)22-10-9-21-17/h3-8,13-14H,1-2,9-12H2. The number of hydrogen-bond donors (Lipinski definition) is 0. The fraction of sp³-hybridized carbons (Fsp3) is 0.200. The lowest BCUT2D eigenvalue weighted by molar-refractivity contribution is 0.171. The molecule has 0 saturated heterocycles. The molecule has 24 heavy (non-hydrogen) atoms. The number of ether oxygens (including phenoxy) is 4. The van der Waals surface area contributed by atoms with Gasteiger partial charge >= 0.3 is 0 Å². The zero-order chi connectivity index (χ0) is 16.8. The number of benzene rings is 2. The van der Waals surface area contributed by atoms with Crippen LogP contribution < -0.4 is 18.9 Å². The Kier molecular flexibility index (Phi) is 5.06. The van der Waals surface area contributed by atoms with Crippen molar-refractivity contribution in [1.29, 1.82) is 0 Å². The van der Waals surface area contributed by atoms with Gasteiger partial charge in [-0.3, -0.25) is 0 Å². The summed E-state index contributed by atoms with van der Waals surface area (Å²) in [7, 11) is 0. The van der Waals surface area contributed by atoms with E-state index in [1.807, 2.05) is 36.4 Å². The molecule has 1 heterocycles. The largest absolute Gasteiger partial charge is 0.486 e. The van der Waals surface area contributed by atoms with Crippen LogP contribution in [0.2, 0.25) is 0 Å². The minimum Gasteiger partial charge on any atom is -0.486 e. The third-order valence-corrected chi connectivity index (χ3v) is 3.60. The van der Waals surface area contributed by atoms with Crippen molar-refractivity contribution in [2.24, 2.45) is 0 Å². The van der Waals surface area contributed by atoms with Gasteiger partial charge in [-0.05, 0) is 35.4 Å². The van der Waals surface area contributed by atoms with E-state index < -0.39 is 0 Å². The molecule has 4 nitrogen and oxygen atoms in total. The van der Waals surface area contributed by atoms with Crippen molar-refractivity contribution in [3.63, 3.8) is 0 Å². The third-order valence-electron chi connectivity index (χ3n) is 3.60. The average Bonchev–Trinajstić information content (AvgIpc) is 2.62.